The third-order valence-corrected chi connectivity index (χ3v) is 4.40. The van der Waals surface area contributed by atoms with E-state index >= 15 is 0 Å². The number of thiophene rings is 1. The van der Waals surface area contributed by atoms with E-state index in [0.717, 1.165) is 11.3 Å². The van der Waals surface area contributed by atoms with Crippen molar-refractivity contribution in [3.05, 3.63) is 46.3 Å². The molecule has 0 radical (unpaired) electrons. The maximum Gasteiger partial charge on any atom is 0.341 e. The van der Waals surface area contributed by atoms with Crippen LogP contribution in [0.1, 0.15) is 39.4 Å². The quantitative estimate of drug-likeness (QED) is 0.818. The lowest BCUT2D eigenvalue weighted by molar-refractivity contribution is 0.0528. The minimum absolute atomic E-state index is 0.275. The second-order valence-corrected chi connectivity index (χ2v) is 5.85. The van der Waals surface area contributed by atoms with Gasteiger partial charge in [-0.1, -0.05) is 6.92 Å². The molecular formula is C17H19NO4S. The Kier molecular flexibility index (Phi) is 5.76. The molecule has 1 amide bonds. The number of amides is 1. The highest BCUT2D eigenvalue weighted by atomic mass is 32.1. The standard InChI is InChI=1S/C17H19NO4S/c1-4-13-10-14(17(20)22-5-2)16(23-13)18-15(19)11-6-8-12(21-3)9-7-11/h6-10H,4-5H2,1-3H3,(H,18,19). The van der Waals surface area contributed by atoms with Crippen LogP contribution in [0.2, 0.25) is 0 Å². The van der Waals surface area contributed by atoms with Crippen LogP contribution in [0.4, 0.5) is 5.00 Å². The van der Waals surface area contributed by atoms with Gasteiger partial charge in [0.2, 0.25) is 0 Å². The number of rotatable bonds is 6. The van der Waals surface area contributed by atoms with E-state index in [1.807, 2.05) is 6.92 Å². The number of carbonyl (C=O) groups is 2. The summed E-state index contributed by atoms with van der Waals surface area (Å²) >= 11 is 1.39. The molecule has 2 rings (SSSR count). The zero-order valence-electron chi connectivity index (χ0n) is 13.3. The number of hydrogen-bond donors (Lipinski definition) is 1. The monoisotopic (exact) mass is 333 g/mol. The SMILES string of the molecule is CCOC(=O)c1cc(CC)sc1NC(=O)c1ccc(OC)cc1. The molecule has 1 aromatic heterocycles. The van der Waals surface area contributed by atoms with Crippen molar-refractivity contribution < 1.29 is 19.1 Å². The molecule has 122 valence electrons. The van der Waals surface area contributed by atoms with Crippen LogP contribution in [0, 0.1) is 0 Å². The first-order valence-electron chi connectivity index (χ1n) is 7.34. The van der Waals surface area contributed by atoms with Crippen molar-refractivity contribution in [3.8, 4) is 5.75 Å². The van der Waals surface area contributed by atoms with Gasteiger partial charge >= 0.3 is 5.97 Å². The molecule has 23 heavy (non-hydrogen) atoms. The second-order valence-electron chi connectivity index (χ2n) is 4.71. The van der Waals surface area contributed by atoms with Crippen molar-refractivity contribution in [2.75, 3.05) is 19.0 Å². The average Bonchev–Trinajstić information content (AvgIpc) is 2.98. The molecule has 0 saturated carbocycles. The normalized spacial score (nSPS) is 10.2. The number of methoxy groups -OCH3 is 1. The second kappa shape index (κ2) is 7.78. The van der Waals surface area contributed by atoms with Gasteiger partial charge in [0.15, 0.2) is 0 Å². The fourth-order valence-electron chi connectivity index (χ4n) is 1.99. The highest BCUT2D eigenvalue weighted by molar-refractivity contribution is 7.16. The molecule has 0 bridgehead atoms. The number of ether oxygens (including phenoxy) is 2. The first kappa shape index (κ1) is 17.0. The highest BCUT2D eigenvalue weighted by Crippen LogP contribution is 2.30. The van der Waals surface area contributed by atoms with Crippen LogP contribution in [-0.2, 0) is 11.2 Å². The lowest BCUT2D eigenvalue weighted by atomic mass is 10.2. The van der Waals surface area contributed by atoms with Gasteiger partial charge in [-0.15, -0.1) is 11.3 Å². The molecule has 0 aliphatic heterocycles. The number of anilines is 1. The van der Waals surface area contributed by atoms with E-state index in [2.05, 4.69) is 5.32 Å². The first-order valence-corrected chi connectivity index (χ1v) is 8.15. The summed E-state index contributed by atoms with van der Waals surface area (Å²) in [5.41, 5.74) is 0.891. The Hall–Kier alpha value is -2.34. The van der Waals surface area contributed by atoms with E-state index in [1.165, 1.54) is 11.3 Å². The number of benzene rings is 1. The first-order chi connectivity index (χ1) is 11.1. The summed E-state index contributed by atoms with van der Waals surface area (Å²) in [7, 11) is 1.57. The van der Waals surface area contributed by atoms with Gasteiger partial charge in [-0.25, -0.2) is 4.79 Å². The van der Waals surface area contributed by atoms with Crippen LogP contribution in [0.5, 0.6) is 5.75 Å². The lowest BCUT2D eigenvalue weighted by Gasteiger charge is -2.06. The van der Waals surface area contributed by atoms with E-state index < -0.39 is 5.97 Å². The number of nitrogens with one attached hydrogen (secondary N) is 1. The minimum atomic E-state index is -0.423. The Morgan fingerprint density at radius 1 is 1.17 bits per heavy atom. The Morgan fingerprint density at radius 3 is 2.43 bits per heavy atom. The summed E-state index contributed by atoms with van der Waals surface area (Å²) < 4.78 is 10.1. The minimum Gasteiger partial charge on any atom is -0.497 e. The Labute approximate surface area is 139 Å². The predicted molar refractivity (Wildman–Crippen MR) is 90.6 cm³/mol. The largest absolute Gasteiger partial charge is 0.497 e. The van der Waals surface area contributed by atoms with Crippen molar-refractivity contribution in [1.29, 1.82) is 0 Å². The smallest absolute Gasteiger partial charge is 0.341 e. The molecule has 0 aliphatic rings. The molecule has 6 heteroatoms. The molecule has 0 unspecified atom stereocenters. The average molecular weight is 333 g/mol. The van der Waals surface area contributed by atoms with Gasteiger partial charge in [-0.2, -0.15) is 0 Å². The molecular weight excluding hydrogens is 314 g/mol. The maximum atomic E-state index is 12.3. The van der Waals surface area contributed by atoms with Gasteiger partial charge in [0, 0.05) is 10.4 Å². The van der Waals surface area contributed by atoms with Gasteiger partial charge in [0.25, 0.3) is 5.91 Å². The molecule has 1 heterocycles. The molecule has 2 aromatic rings. The fourth-order valence-corrected chi connectivity index (χ4v) is 2.97. The molecule has 0 aliphatic carbocycles. The van der Waals surface area contributed by atoms with Crippen LogP contribution in [0.15, 0.2) is 30.3 Å². The summed E-state index contributed by atoms with van der Waals surface area (Å²) in [6.07, 6.45) is 0.787. The summed E-state index contributed by atoms with van der Waals surface area (Å²) in [4.78, 5) is 25.4. The van der Waals surface area contributed by atoms with Crippen LogP contribution < -0.4 is 10.1 Å². The molecule has 5 nitrogen and oxygen atoms in total. The van der Waals surface area contributed by atoms with E-state index in [4.69, 9.17) is 9.47 Å². The molecule has 0 atom stereocenters. The van der Waals surface area contributed by atoms with Crippen LogP contribution >= 0.6 is 11.3 Å². The Bertz CT molecular complexity index is 691. The zero-order chi connectivity index (χ0) is 16.8. The van der Waals surface area contributed by atoms with Crippen LogP contribution in [0.25, 0.3) is 0 Å². The van der Waals surface area contributed by atoms with Gasteiger partial charge in [-0.3, -0.25) is 4.79 Å². The van der Waals surface area contributed by atoms with Crippen molar-refractivity contribution in [2.24, 2.45) is 0 Å². The van der Waals surface area contributed by atoms with E-state index in [0.29, 0.717) is 28.5 Å². The summed E-state index contributed by atoms with van der Waals surface area (Å²) in [6, 6.07) is 8.55. The number of carbonyl (C=O) groups excluding carboxylic acids is 2. The zero-order valence-corrected chi connectivity index (χ0v) is 14.2. The van der Waals surface area contributed by atoms with Gasteiger partial charge < -0.3 is 14.8 Å². The van der Waals surface area contributed by atoms with Gasteiger partial charge in [0.05, 0.1) is 19.3 Å². The van der Waals surface area contributed by atoms with Gasteiger partial charge in [0.1, 0.15) is 10.8 Å². The van der Waals surface area contributed by atoms with Crippen LogP contribution in [-0.4, -0.2) is 25.6 Å². The van der Waals surface area contributed by atoms with Crippen molar-refractivity contribution in [2.45, 2.75) is 20.3 Å². The van der Waals surface area contributed by atoms with E-state index in [-0.39, 0.29) is 5.91 Å². The molecule has 0 saturated heterocycles. The number of aryl methyl sites for hydroxylation is 1. The van der Waals surface area contributed by atoms with E-state index in [9.17, 15) is 9.59 Å². The van der Waals surface area contributed by atoms with Crippen molar-refractivity contribution in [3.63, 3.8) is 0 Å². The molecule has 1 N–H and O–H groups in total. The predicted octanol–water partition coefficient (Wildman–Crippen LogP) is 3.75. The van der Waals surface area contributed by atoms with E-state index in [1.54, 1.807) is 44.4 Å². The fraction of sp³-hybridized carbons (Fsp3) is 0.294. The molecule has 0 spiro atoms. The summed E-state index contributed by atoms with van der Waals surface area (Å²) in [5.74, 6) is -0.0191. The Morgan fingerprint density at radius 2 is 1.87 bits per heavy atom. The maximum absolute atomic E-state index is 12.3. The third-order valence-electron chi connectivity index (χ3n) is 3.21. The molecule has 1 aromatic carbocycles. The Balaban J connectivity index is 2.22. The highest BCUT2D eigenvalue weighted by Gasteiger charge is 2.19. The van der Waals surface area contributed by atoms with Gasteiger partial charge in [-0.05, 0) is 43.7 Å². The number of esters is 1. The summed E-state index contributed by atoms with van der Waals surface area (Å²) in [6.45, 7) is 4.04. The third kappa shape index (κ3) is 4.10. The van der Waals surface area contributed by atoms with Crippen molar-refractivity contribution in [1.82, 2.24) is 0 Å². The molecule has 0 fully saturated rings. The topological polar surface area (TPSA) is 64.6 Å². The van der Waals surface area contributed by atoms with Crippen molar-refractivity contribution >= 4 is 28.2 Å². The number of hydrogen-bond acceptors (Lipinski definition) is 5. The van der Waals surface area contributed by atoms with Crippen LogP contribution in [0.3, 0.4) is 0 Å². The summed E-state index contributed by atoms with van der Waals surface area (Å²) in [5, 5.41) is 3.31. The lowest BCUT2D eigenvalue weighted by Crippen LogP contribution is -2.14.